The van der Waals surface area contributed by atoms with Gasteiger partial charge in [0.15, 0.2) is 5.79 Å². The van der Waals surface area contributed by atoms with Gasteiger partial charge in [-0.05, 0) is 19.3 Å². The molecule has 0 aromatic carbocycles. The third-order valence-corrected chi connectivity index (χ3v) is 5.13. The zero-order chi connectivity index (χ0) is 18.1. The molecule has 4 rings (SSSR count). The van der Waals surface area contributed by atoms with Crippen molar-refractivity contribution in [2.24, 2.45) is 0 Å². The van der Waals surface area contributed by atoms with Gasteiger partial charge in [-0.2, -0.15) is 9.97 Å². The van der Waals surface area contributed by atoms with E-state index in [1.807, 2.05) is 0 Å². The predicted molar refractivity (Wildman–Crippen MR) is 90.7 cm³/mol. The second-order valence-corrected chi connectivity index (χ2v) is 6.84. The molecular weight excluding hydrogens is 338 g/mol. The maximum absolute atomic E-state index is 9.69. The average Bonchev–Trinajstić information content (AvgIpc) is 3.23. The first-order chi connectivity index (χ1) is 12.6. The summed E-state index contributed by atoms with van der Waals surface area (Å²) in [6.45, 7) is 3.25. The molecule has 0 bridgehead atoms. The van der Waals surface area contributed by atoms with E-state index in [0.717, 1.165) is 55.8 Å². The minimum atomic E-state index is -0.628. The number of aromatic hydroxyl groups is 2. The zero-order valence-electron chi connectivity index (χ0n) is 14.8. The van der Waals surface area contributed by atoms with Crippen molar-refractivity contribution < 1.29 is 24.2 Å². The fraction of sp³-hybridized carbons (Fsp3) is 0.611. The average molecular weight is 361 g/mol. The molecule has 1 spiro atoms. The van der Waals surface area contributed by atoms with Gasteiger partial charge in [-0.3, -0.25) is 0 Å². The van der Waals surface area contributed by atoms with Crippen molar-refractivity contribution in [3.8, 4) is 23.3 Å². The Hall–Kier alpha value is -2.19. The molecule has 8 heteroatoms. The molecule has 1 aliphatic carbocycles. The van der Waals surface area contributed by atoms with Gasteiger partial charge in [-0.25, -0.2) is 0 Å². The van der Waals surface area contributed by atoms with Gasteiger partial charge in [0.25, 0.3) is 0 Å². The van der Waals surface area contributed by atoms with E-state index in [2.05, 4.69) is 22.0 Å². The molecule has 1 aliphatic heterocycles. The fourth-order valence-corrected chi connectivity index (χ4v) is 4.06. The van der Waals surface area contributed by atoms with Crippen LogP contribution in [-0.2, 0) is 15.9 Å². The Morgan fingerprint density at radius 2 is 1.88 bits per heavy atom. The lowest BCUT2D eigenvalue weighted by Gasteiger charge is -2.38. The molecule has 2 aromatic rings. The molecule has 140 valence electrons. The third-order valence-electron chi connectivity index (χ3n) is 5.13. The van der Waals surface area contributed by atoms with E-state index in [4.69, 9.17) is 14.0 Å². The number of nitrogens with zero attached hydrogens (tertiary/aromatic N) is 3. The number of aromatic nitrogens is 3. The van der Waals surface area contributed by atoms with Gasteiger partial charge >= 0.3 is 0 Å². The Morgan fingerprint density at radius 3 is 2.58 bits per heavy atom. The van der Waals surface area contributed by atoms with Crippen LogP contribution in [0.1, 0.15) is 56.2 Å². The maximum Gasteiger partial charge on any atom is 0.218 e. The molecule has 1 unspecified atom stereocenters. The van der Waals surface area contributed by atoms with Crippen LogP contribution in [0, 0.1) is 0 Å². The summed E-state index contributed by atoms with van der Waals surface area (Å²) in [6, 6.07) is 1.08. The van der Waals surface area contributed by atoms with Gasteiger partial charge in [0.2, 0.25) is 23.3 Å². The topological polar surface area (TPSA) is 111 Å². The van der Waals surface area contributed by atoms with Crippen LogP contribution in [0.15, 0.2) is 10.6 Å². The van der Waals surface area contributed by atoms with Crippen LogP contribution in [0.5, 0.6) is 11.8 Å². The zero-order valence-corrected chi connectivity index (χ0v) is 14.8. The largest absolute Gasteiger partial charge is 0.493 e. The van der Waals surface area contributed by atoms with Crippen LogP contribution in [0.3, 0.4) is 0 Å². The van der Waals surface area contributed by atoms with Crippen LogP contribution in [0.4, 0.5) is 0 Å². The molecule has 2 fully saturated rings. The second-order valence-electron chi connectivity index (χ2n) is 6.84. The van der Waals surface area contributed by atoms with Gasteiger partial charge < -0.3 is 24.2 Å². The van der Waals surface area contributed by atoms with Crippen LogP contribution in [-0.4, -0.2) is 44.3 Å². The first-order valence-electron chi connectivity index (χ1n) is 9.16. The fourth-order valence-electron chi connectivity index (χ4n) is 4.06. The molecule has 0 amide bonds. The molecule has 26 heavy (non-hydrogen) atoms. The SMILES string of the molecule is CCCc1c(C2CCCCC23OCCO3)noc1-c1nc(O)cc(O)n1. The highest BCUT2D eigenvalue weighted by molar-refractivity contribution is 5.56. The van der Waals surface area contributed by atoms with Crippen LogP contribution < -0.4 is 0 Å². The Morgan fingerprint density at radius 1 is 1.15 bits per heavy atom. The first kappa shape index (κ1) is 17.2. The van der Waals surface area contributed by atoms with Crippen molar-refractivity contribution in [2.75, 3.05) is 13.2 Å². The van der Waals surface area contributed by atoms with E-state index in [0.29, 0.717) is 19.0 Å². The van der Waals surface area contributed by atoms with Crippen molar-refractivity contribution in [1.29, 1.82) is 0 Å². The van der Waals surface area contributed by atoms with E-state index in [1.54, 1.807) is 0 Å². The summed E-state index contributed by atoms with van der Waals surface area (Å²) in [4.78, 5) is 7.97. The van der Waals surface area contributed by atoms with Crippen LogP contribution in [0.25, 0.3) is 11.6 Å². The van der Waals surface area contributed by atoms with Crippen molar-refractivity contribution in [3.05, 3.63) is 17.3 Å². The van der Waals surface area contributed by atoms with E-state index in [9.17, 15) is 10.2 Å². The molecule has 0 radical (unpaired) electrons. The summed E-state index contributed by atoms with van der Waals surface area (Å²) in [5.74, 6) is -0.760. The highest BCUT2D eigenvalue weighted by Gasteiger charge is 2.49. The molecule has 2 N–H and O–H groups in total. The van der Waals surface area contributed by atoms with Gasteiger partial charge in [0.1, 0.15) is 0 Å². The molecule has 3 heterocycles. The molecule has 2 aliphatic rings. The Kier molecular flexibility index (Phi) is 4.54. The van der Waals surface area contributed by atoms with Gasteiger partial charge in [0, 0.05) is 12.0 Å². The minimum Gasteiger partial charge on any atom is -0.493 e. The Balaban J connectivity index is 1.78. The summed E-state index contributed by atoms with van der Waals surface area (Å²) in [7, 11) is 0. The summed E-state index contributed by atoms with van der Waals surface area (Å²) >= 11 is 0. The quantitative estimate of drug-likeness (QED) is 0.855. The summed E-state index contributed by atoms with van der Waals surface area (Å²) in [5.41, 5.74) is 1.71. The number of ether oxygens (including phenoxy) is 2. The molecule has 1 saturated carbocycles. The first-order valence-corrected chi connectivity index (χ1v) is 9.16. The van der Waals surface area contributed by atoms with Gasteiger partial charge in [-0.15, -0.1) is 0 Å². The van der Waals surface area contributed by atoms with Crippen LogP contribution in [0.2, 0.25) is 0 Å². The molecule has 1 atom stereocenters. The molecule has 8 nitrogen and oxygen atoms in total. The lowest BCUT2D eigenvalue weighted by molar-refractivity contribution is -0.192. The van der Waals surface area contributed by atoms with E-state index in [-0.39, 0.29) is 23.5 Å². The minimum absolute atomic E-state index is 0.0105. The number of rotatable bonds is 4. The highest BCUT2D eigenvalue weighted by atomic mass is 16.7. The second kappa shape index (κ2) is 6.85. The van der Waals surface area contributed by atoms with Crippen molar-refractivity contribution in [1.82, 2.24) is 15.1 Å². The van der Waals surface area contributed by atoms with Crippen molar-refractivity contribution in [2.45, 2.75) is 57.2 Å². The lowest BCUT2D eigenvalue weighted by atomic mass is 9.79. The van der Waals surface area contributed by atoms with Gasteiger partial charge in [0.05, 0.1) is 30.9 Å². The van der Waals surface area contributed by atoms with Crippen molar-refractivity contribution in [3.63, 3.8) is 0 Å². The highest BCUT2D eigenvalue weighted by Crippen LogP contribution is 2.47. The van der Waals surface area contributed by atoms with E-state index < -0.39 is 5.79 Å². The number of hydrogen-bond acceptors (Lipinski definition) is 8. The Bertz CT molecular complexity index is 765. The standard InChI is InChI=1S/C18H23N3O5/c1-2-5-11-15(12-6-3-4-7-18(12)24-8-9-25-18)21-26-16(11)17-19-13(22)10-14(23)20-17/h10,12H,2-9H2,1H3,(H2,19,20,22,23). The van der Waals surface area contributed by atoms with E-state index >= 15 is 0 Å². The predicted octanol–water partition coefficient (Wildman–Crippen LogP) is 2.90. The molecular formula is C18H23N3O5. The summed E-state index contributed by atoms with van der Waals surface area (Å²) in [5, 5.41) is 23.7. The molecule has 1 saturated heterocycles. The number of hydrogen-bond donors (Lipinski definition) is 2. The summed E-state index contributed by atoms with van der Waals surface area (Å²) < 4.78 is 17.6. The Labute approximate surface area is 151 Å². The van der Waals surface area contributed by atoms with E-state index in [1.165, 1.54) is 0 Å². The third kappa shape index (κ3) is 2.93. The smallest absolute Gasteiger partial charge is 0.218 e. The normalized spacial score (nSPS) is 22.1. The summed E-state index contributed by atoms with van der Waals surface area (Å²) in [6.07, 6.45) is 5.50. The lowest BCUT2D eigenvalue weighted by Crippen LogP contribution is -2.40. The van der Waals surface area contributed by atoms with Crippen molar-refractivity contribution >= 4 is 0 Å². The van der Waals surface area contributed by atoms with Gasteiger partial charge in [-0.1, -0.05) is 24.9 Å². The molecule has 2 aromatic heterocycles. The monoisotopic (exact) mass is 361 g/mol. The maximum atomic E-state index is 9.69. The van der Waals surface area contributed by atoms with Crippen LogP contribution >= 0.6 is 0 Å².